The number of carbonyl (C=O) groups is 1. The van der Waals surface area contributed by atoms with Crippen LogP contribution in [0.5, 0.6) is 6.01 Å². The van der Waals surface area contributed by atoms with Gasteiger partial charge in [-0.3, -0.25) is 9.69 Å². The van der Waals surface area contributed by atoms with E-state index in [4.69, 9.17) is 27.1 Å². The summed E-state index contributed by atoms with van der Waals surface area (Å²) in [5, 5.41) is 13.9. The molecule has 4 aromatic rings. The van der Waals surface area contributed by atoms with Crippen LogP contribution in [-0.4, -0.2) is 89.2 Å². The first kappa shape index (κ1) is 30.2. The third kappa shape index (κ3) is 4.56. The Balaban J connectivity index is 1.18. The third-order valence-corrected chi connectivity index (χ3v) is 12.5. The minimum atomic E-state index is -0.715. The van der Waals surface area contributed by atoms with Crippen LogP contribution in [-0.2, 0) is 4.79 Å². The minimum absolute atomic E-state index is 0.00241. The molecule has 248 valence electrons. The Bertz CT molecular complexity index is 2050. The number of aromatic nitrogens is 2. The molecule has 3 N–H and O–H groups in total. The number of thiophene rings is 1. The van der Waals surface area contributed by atoms with Gasteiger partial charge < -0.3 is 25.6 Å². The summed E-state index contributed by atoms with van der Waals surface area (Å²) in [7, 11) is 0. The highest BCUT2D eigenvalue weighted by Crippen LogP contribution is 2.47. The number of halogens is 3. The van der Waals surface area contributed by atoms with Gasteiger partial charge in [0.05, 0.1) is 32.9 Å². The lowest BCUT2D eigenvalue weighted by atomic mass is 9.95. The topological polar surface area (TPSA) is 134 Å². The number of amides is 1. The zero-order chi connectivity index (χ0) is 32.9. The quantitative estimate of drug-likeness (QED) is 0.271. The monoisotopic (exact) mass is 690 g/mol. The molecule has 2 aromatic heterocycles. The fourth-order valence-corrected chi connectivity index (χ4v) is 9.96. The molecule has 2 aromatic carbocycles. The summed E-state index contributed by atoms with van der Waals surface area (Å²) in [4.78, 5) is 29.1. The van der Waals surface area contributed by atoms with Crippen LogP contribution in [0.15, 0.2) is 18.2 Å². The van der Waals surface area contributed by atoms with E-state index in [9.17, 15) is 14.4 Å². The summed E-state index contributed by atoms with van der Waals surface area (Å²) in [5.41, 5.74) is 6.39. The summed E-state index contributed by atoms with van der Waals surface area (Å²) < 4.78 is 38.6. The fourth-order valence-electron chi connectivity index (χ4n) is 8.72. The highest BCUT2D eigenvalue weighted by molar-refractivity contribution is 7.23. The number of anilines is 2. The van der Waals surface area contributed by atoms with E-state index < -0.39 is 11.6 Å². The first-order valence-electron chi connectivity index (χ1n) is 16.5. The van der Waals surface area contributed by atoms with Crippen LogP contribution < -0.4 is 20.7 Å². The van der Waals surface area contributed by atoms with E-state index in [0.717, 1.165) is 56.5 Å². The van der Waals surface area contributed by atoms with Gasteiger partial charge in [-0.2, -0.15) is 15.2 Å². The number of hydrogen-bond acceptors (Lipinski definition) is 10. The van der Waals surface area contributed by atoms with Gasteiger partial charge >= 0.3 is 6.01 Å². The van der Waals surface area contributed by atoms with Crippen LogP contribution in [0.1, 0.15) is 37.7 Å². The van der Waals surface area contributed by atoms with E-state index in [1.165, 1.54) is 12.1 Å². The van der Waals surface area contributed by atoms with Gasteiger partial charge in [0.25, 0.3) is 0 Å². The molecule has 0 spiro atoms. The third-order valence-electron chi connectivity index (χ3n) is 11.2. The van der Waals surface area contributed by atoms with Crippen LogP contribution in [0.3, 0.4) is 0 Å². The van der Waals surface area contributed by atoms with Crippen molar-refractivity contribution in [2.24, 2.45) is 5.92 Å². The minimum Gasteiger partial charge on any atom is -0.461 e. The zero-order valence-corrected chi connectivity index (χ0v) is 27.6. The predicted molar refractivity (Wildman–Crippen MR) is 180 cm³/mol. The maximum Gasteiger partial charge on any atom is 0.319 e. The normalized spacial score (nSPS) is 24.4. The SMILES string of the molecule is N#Cc1c(N)sc2c(F)ccc(-c3c(Cl)cc4c(N5CCC6CN(C(=O)C7CN7)CC65)nc(OCC56CCCN5CCC6)nc4c3F)c12. The second kappa shape index (κ2) is 11.1. The Morgan fingerprint density at radius 3 is 2.75 bits per heavy atom. The van der Waals surface area contributed by atoms with E-state index in [0.29, 0.717) is 44.0 Å². The molecule has 1 amide bonds. The van der Waals surface area contributed by atoms with Gasteiger partial charge in [0.2, 0.25) is 5.91 Å². The Labute approximate surface area is 284 Å². The summed E-state index contributed by atoms with van der Waals surface area (Å²) in [5.74, 6) is -0.377. The molecular weight excluding hydrogens is 658 g/mol. The molecule has 10 nitrogen and oxygen atoms in total. The van der Waals surface area contributed by atoms with E-state index >= 15 is 4.39 Å². The number of rotatable bonds is 6. The molecule has 0 aliphatic carbocycles. The molecule has 9 rings (SSSR count). The summed E-state index contributed by atoms with van der Waals surface area (Å²) >= 11 is 7.86. The number of nitrogens with two attached hydrogens (primary N) is 1. The molecule has 0 radical (unpaired) electrons. The van der Waals surface area contributed by atoms with E-state index in [-0.39, 0.29) is 77.8 Å². The maximum atomic E-state index is 17.1. The molecule has 5 aliphatic rings. The average Bonchev–Trinajstić information content (AvgIpc) is 3.37. The second-order valence-corrected chi connectivity index (χ2v) is 15.2. The molecule has 5 fully saturated rings. The lowest BCUT2D eigenvalue weighted by molar-refractivity contribution is -0.129. The first-order valence-corrected chi connectivity index (χ1v) is 17.7. The van der Waals surface area contributed by atoms with Crippen LogP contribution in [0, 0.1) is 28.9 Å². The van der Waals surface area contributed by atoms with E-state index in [2.05, 4.69) is 26.2 Å². The number of nitrogens with zero attached hydrogens (tertiary/aromatic N) is 6. The molecule has 14 heteroatoms. The highest BCUT2D eigenvalue weighted by atomic mass is 35.5. The molecule has 5 saturated heterocycles. The van der Waals surface area contributed by atoms with Gasteiger partial charge in [-0.1, -0.05) is 17.7 Å². The smallest absolute Gasteiger partial charge is 0.319 e. The highest BCUT2D eigenvalue weighted by Gasteiger charge is 2.47. The largest absolute Gasteiger partial charge is 0.461 e. The van der Waals surface area contributed by atoms with E-state index in [1.54, 1.807) is 6.07 Å². The maximum absolute atomic E-state index is 17.1. The Hall–Kier alpha value is -3.83. The number of nitriles is 1. The Kier molecular flexibility index (Phi) is 6.99. The summed E-state index contributed by atoms with van der Waals surface area (Å²) in [6.07, 6.45) is 5.14. The van der Waals surface area contributed by atoms with Crippen molar-refractivity contribution in [3.8, 4) is 23.2 Å². The fraction of sp³-hybridized carbons (Fsp3) is 0.471. The molecule has 3 atom stereocenters. The number of likely N-dealkylation sites (tertiary alicyclic amines) is 1. The van der Waals surface area contributed by atoms with Crippen LogP contribution in [0.4, 0.5) is 19.6 Å². The predicted octanol–water partition coefficient (Wildman–Crippen LogP) is 4.91. The number of nitrogens with one attached hydrogen (secondary N) is 1. The summed E-state index contributed by atoms with van der Waals surface area (Å²) in [6.45, 7) is 5.10. The molecule has 0 saturated carbocycles. The average molecular weight is 691 g/mol. The van der Waals surface area contributed by atoms with E-state index in [1.807, 2.05) is 4.90 Å². The molecule has 48 heavy (non-hydrogen) atoms. The Morgan fingerprint density at radius 1 is 1.21 bits per heavy atom. The van der Waals surface area contributed by atoms with Gasteiger partial charge in [-0.15, -0.1) is 11.3 Å². The zero-order valence-electron chi connectivity index (χ0n) is 26.1. The number of benzene rings is 2. The van der Waals surface area contributed by atoms with Crippen molar-refractivity contribution in [1.29, 1.82) is 5.26 Å². The van der Waals surface area contributed by atoms with Crippen LogP contribution in [0.25, 0.3) is 32.1 Å². The van der Waals surface area contributed by atoms with Crippen LogP contribution in [0.2, 0.25) is 5.02 Å². The second-order valence-electron chi connectivity index (χ2n) is 13.7. The van der Waals surface area contributed by atoms with Crippen molar-refractivity contribution in [2.45, 2.75) is 49.7 Å². The molecular formula is C34H33ClF2N8O2S. The number of hydrogen-bond donors (Lipinski definition) is 2. The number of carbonyl (C=O) groups excluding carboxylic acids is 1. The molecule has 7 heterocycles. The standard InChI is InChI=1S/C34H33ClF2N8O2S/c35-21-11-19-28(27(37)26(21)18-3-4-22(36)29-25(18)20(12-38)30(39)48-29)41-33(47-16-34-6-1-8-44(34)9-2-7-34)42-31(19)45-10-5-17-14-43(15-24(17)45)32(46)23-13-40-23/h3-4,11,17,23-24,40H,1-2,5-10,13-16,39H2. The van der Waals surface area contributed by atoms with Crippen LogP contribution >= 0.6 is 22.9 Å². The van der Waals surface area contributed by atoms with Crippen molar-refractivity contribution in [3.05, 3.63) is 40.4 Å². The lowest BCUT2D eigenvalue weighted by Gasteiger charge is -2.31. The lowest BCUT2D eigenvalue weighted by Crippen LogP contribution is -2.43. The van der Waals surface area contributed by atoms with Crippen molar-refractivity contribution >= 4 is 60.7 Å². The number of fused-ring (bicyclic) bond motifs is 4. The van der Waals surface area contributed by atoms with Gasteiger partial charge in [-0.05, 0) is 62.9 Å². The first-order chi connectivity index (χ1) is 23.3. The molecule has 5 aliphatic heterocycles. The van der Waals surface area contributed by atoms with Gasteiger partial charge in [0.1, 0.15) is 34.8 Å². The number of ether oxygens (including phenoxy) is 1. The van der Waals surface area contributed by atoms with Gasteiger partial charge in [0, 0.05) is 48.4 Å². The van der Waals surface area contributed by atoms with Crippen molar-refractivity contribution < 1.29 is 18.3 Å². The van der Waals surface area contributed by atoms with Gasteiger partial charge in [0.15, 0.2) is 5.82 Å². The molecule has 3 unspecified atom stereocenters. The number of nitrogen functional groups attached to an aromatic ring is 1. The summed E-state index contributed by atoms with van der Waals surface area (Å²) in [6, 6.07) is 6.35. The van der Waals surface area contributed by atoms with Crippen molar-refractivity contribution in [2.75, 3.05) is 56.5 Å². The molecule has 0 bridgehead atoms. The Morgan fingerprint density at radius 2 is 2.00 bits per heavy atom. The van der Waals surface area contributed by atoms with Crippen molar-refractivity contribution in [3.63, 3.8) is 0 Å². The van der Waals surface area contributed by atoms with Gasteiger partial charge in [-0.25, -0.2) is 8.78 Å². The van der Waals surface area contributed by atoms with Crippen molar-refractivity contribution in [1.82, 2.24) is 25.1 Å².